The number of hydrogen-bond donors (Lipinski definition) is 0. The van der Waals surface area contributed by atoms with Crippen LogP contribution in [0.3, 0.4) is 0 Å². The van der Waals surface area contributed by atoms with Gasteiger partial charge in [-0.15, -0.1) is 0 Å². The number of nitro benzene ring substituents is 1. The highest BCUT2D eigenvalue weighted by atomic mass is 16.6. The second kappa shape index (κ2) is 6.07. The molecule has 1 aromatic carbocycles. The number of ether oxygens (including phenoxy) is 1. The number of benzene rings is 1. The molecule has 0 fully saturated rings. The van der Waals surface area contributed by atoms with Gasteiger partial charge >= 0.3 is 12.0 Å². The van der Waals surface area contributed by atoms with Crippen LogP contribution >= 0.6 is 0 Å². The molecule has 0 unspecified atom stereocenters. The molecule has 0 saturated heterocycles. The van der Waals surface area contributed by atoms with Gasteiger partial charge in [-0.2, -0.15) is 0 Å². The zero-order valence-corrected chi connectivity index (χ0v) is 13.3. The molecule has 1 atom stereocenters. The lowest BCUT2D eigenvalue weighted by molar-refractivity contribution is -0.384. The number of carbonyl (C=O) groups excluding carboxylic acids is 2. The van der Waals surface area contributed by atoms with Crippen molar-refractivity contribution in [3.05, 3.63) is 51.2 Å². The van der Waals surface area contributed by atoms with Crippen molar-refractivity contribution >= 4 is 17.7 Å². The van der Waals surface area contributed by atoms with Crippen molar-refractivity contribution in [1.29, 1.82) is 0 Å². The van der Waals surface area contributed by atoms with E-state index in [-0.39, 0.29) is 17.3 Å². The van der Waals surface area contributed by atoms with Gasteiger partial charge in [-0.3, -0.25) is 10.1 Å². The summed E-state index contributed by atoms with van der Waals surface area (Å²) in [5.41, 5.74) is 1.10. The van der Waals surface area contributed by atoms with Gasteiger partial charge in [0, 0.05) is 31.9 Å². The lowest BCUT2D eigenvalue weighted by Gasteiger charge is -2.39. The summed E-state index contributed by atoms with van der Waals surface area (Å²) in [4.78, 5) is 37.7. The minimum atomic E-state index is -0.744. The predicted molar refractivity (Wildman–Crippen MR) is 81.5 cm³/mol. The molecule has 2 amide bonds. The molecule has 23 heavy (non-hydrogen) atoms. The van der Waals surface area contributed by atoms with Crippen LogP contribution in [0.5, 0.6) is 0 Å². The average molecular weight is 319 g/mol. The largest absolute Gasteiger partial charge is 0.466 e. The summed E-state index contributed by atoms with van der Waals surface area (Å²) in [6, 6.07) is 4.82. The van der Waals surface area contributed by atoms with E-state index in [9.17, 15) is 19.7 Å². The zero-order valence-electron chi connectivity index (χ0n) is 13.3. The van der Waals surface area contributed by atoms with Crippen LogP contribution in [-0.2, 0) is 9.53 Å². The molecule has 8 heteroatoms. The Bertz CT molecular complexity index is 713. The minimum Gasteiger partial charge on any atom is -0.466 e. The number of rotatable bonds is 3. The van der Waals surface area contributed by atoms with E-state index in [1.165, 1.54) is 42.2 Å². The topological polar surface area (TPSA) is 93.0 Å². The Hall–Kier alpha value is -2.90. The van der Waals surface area contributed by atoms with Crippen molar-refractivity contribution < 1.29 is 19.2 Å². The third kappa shape index (κ3) is 2.75. The molecule has 1 heterocycles. The third-order valence-electron chi connectivity index (χ3n) is 3.94. The van der Waals surface area contributed by atoms with Crippen molar-refractivity contribution in [2.24, 2.45) is 0 Å². The summed E-state index contributed by atoms with van der Waals surface area (Å²) in [7, 11) is 4.35. The Balaban J connectivity index is 2.65. The van der Waals surface area contributed by atoms with Crippen LogP contribution < -0.4 is 0 Å². The lowest BCUT2D eigenvalue weighted by atomic mass is 9.93. The zero-order chi connectivity index (χ0) is 17.3. The van der Waals surface area contributed by atoms with Gasteiger partial charge in [0.25, 0.3) is 5.69 Å². The van der Waals surface area contributed by atoms with Gasteiger partial charge in [0.2, 0.25) is 0 Å². The summed E-state index contributed by atoms with van der Waals surface area (Å²) >= 11 is 0. The van der Waals surface area contributed by atoms with Crippen molar-refractivity contribution in [3.63, 3.8) is 0 Å². The molecule has 2 rings (SSSR count). The smallest absolute Gasteiger partial charge is 0.337 e. The van der Waals surface area contributed by atoms with E-state index >= 15 is 0 Å². The van der Waals surface area contributed by atoms with Gasteiger partial charge in [0.05, 0.1) is 23.6 Å². The number of methoxy groups -OCH3 is 1. The van der Waals surface area contributed by atoms with Crippen LogP contribution in [0, 0.1) is 10.1 Å². The molecule has 0 spiro atoms. The number of carbonyl (C=O) groups is 2. The maximum Gasteiger partial charge on any atom is 0.337 e. The molecule has 0 saturated carbocycles. The van der Waals surface area contributed by atoms with Gasteiger partial charge in [0.15, 0.2) is 0 Å². The van der Waals surface area contributed by atoms with E-state index in [2.05, 4.69) is 0 Å². The molecule has 1 aliphatic rings. The molecule has 8 nitrogen and oxygen atoms in total. The van der Waals surface area contributed by atoms with Crippen LogP contribution in [0.1, 0.15) is 18.5 Å². The highest BCUT2D eigenvalue weighted by Crippen LogP contribution is 2.37. The van der Waals surface area contributed by atoms with Gasteiger partial charge in [-0.05, 0) is 12.5 Å². The average Bonchev–Trinajstić information content (AvgIpc) is 2.55. The quantitative estimate of drug-likeness (QED) is 0.483. The van der Waals surface area contributed by atoms with Crippen molar-refractivity contribution in [2.75, 3.05) is 21.2 Å². The van der Waals surface area contributed by atoms with E-state index in [0.29, 0.717) is 11.3 Å². The van der Waals surface area contributed by atoms with E-state index in [4.69, 9.17) is 4.74 Å². The van der Waals surface area contributed by atoms with Gasteiger partial charge in [-0.1, -0.05) is 12.1 Å². The molecular formula is C15H17N3O5. The van der Waals surface area contributed by atoms with E-state index in [0.717, 1.165) is 0 Å². The fourth-order valence-corrected chi connectivity index (χ4v) is 2.63. The predicted octanol–water partition coefficient (Wildman–Crippen LogP) is 2.08. The molecule has 122 valence electrons. The Kier molecular flexibility index (Phi) is 4.35. The highest BCUT2D eigenvalue weighted by Gasteiger charge is 2.39. The first-order chi connectivity index (χ1) is 10.8. The van der Waals surface area contributed by atoms with E-state index in [1.54, 1.807) is 20.0 Å². The first-order valence-electron chi connectivity index (χ1n) is 6.83. The molecular weight excluding hydrogens is 302 g/mol. The number of esters is 1. The number of amides is 2. The summed E-state index contributed by atoms with van der Waals surface area (Å²) in [5.74, 6) is -0.579. The van der Waals surface area contributed by atoms with Crippen LogP contribution in [0.2, 0.25) is 0 Å². The van der Waals surface area contributed by atoms with Crippen molar-refractivity contribution in [3.8, 4) is 0 Å². The molecule has 0 aromatic heterocycles. The second-order valence-corrected chi connectivity index (χ2v) is 5.20. The van der Waals surface area contributed by atoms with Crippen LogP contribution in [0.15, 0.2) is 35.5 Å². The molecule has 0 N–H and O–H groups in total. The Morgan fingerprint density at radius 1 is 1.35 bits per heavy atom. The van der Waals surface area contributed by atoms with Crippen molar-refractivity contribution in [1.82, 2.24) is 9.80 Å². The van der Waals surface area contributed by atoms with Crippen molar-refractivity contribution in [2.45, 2.75) is 13.0 Å². The first kappa shape index (κ1) is 16.5. The normalized spacial score (nSPS) is 18.3. The Labute approximate surface area is 133 Å². The SMILES string of the molecule is COC(=O)C1=C(C)N(C)C(=O)N(C)[C@@H]1c1cccc([N+](=O)[O-])c1. The Morgan fingerprint density at radius 2 is 2.00 bits per heavy atom. The number of likely N-dealkylation sites (N-methyl/N-ethyl adjacent to an activating group) is 1. The van der Waals surface area contributed by atoms with Gasteiger partial charge < -0.3 is 14.5 Å². The van der Waals surface area contributed by atoms with E-state index < -0.39 is 16.9 Å². The lowest BCUT2D eigenvalue weighted by Crippen LogP contribution is -2.47. The number of hydrogen-bond acceptors (Lipinski definition) is 5. The summed E-state index contributed by atoms with van der Waals surface area (Å²) < 4.78 is 4.83. The fourth-order valence-electron chi connectivity index (χ4n) is 2.63. The molecule has 0 aliphatic carbocycles. The summed E-state index contributed by atoms with van der Waals surface area (Å²) in [6.07, 6.45) is 0. The third-order valence-corrected chi connectivity index (χ3v) is 3.94. The number of nitro groups is 1. The monoisotopic (exact) mass is 319 g/mol. The molecule has 1 aliphatic heterocycles. The summed E-state index contributed by atoms with van der Waals surface area (Å²) in [6.45, 7) is 1.64. The van der Waals surface area contributed by atoms with Crippen LogP contribution in [-0.4, -0.2) is 47.9 Å². The maximum atomic E-state index is 12.3. The van der Waals surface area contributed by atoms with Crippen LogP contribution in [0.4, 0.5) is 10.5 Å². The number of urea groups is 1. The molecule has 0 bridgehead atoms. The number of nitrogens with zero attached hydrogens (tertiary/aromatic N) is 3. The second-order valence-electron chi connectivity index (χ2n) is 5.20. The van der Waals surface area contributed by atoms with Gasteiger partial charge in [0.1, 0.15) is 0 Å². The van der Waals surface area contributed by atoms with E-state index in [1.807, 2.05) is 0 Å². The molecule has 1 aromatic rings. The minimum absolute atomic E-state index is 0.107. The highest BCUT2D eigenvalue weighted by molar-refractivity contribution is 5.94. The first-order valence-corrected chi connectivity index (χ1v) is 6.83. The van der Waals surface area contributed by atoms with Crippen LogP contribution in [0.25, 0.3) is 0 Å². The Morgan fingerprint density at radius 3 is 2.57 bits per heavy atom. The van der Waals surface area contributed by atoms with Gasteiger partial charge in [-0.25, -0.2) is 9.59 Å². The summed E-state index contributed by atoms with van der Waals surface area (Å²) in [5, 5.41) is 11.0. The number of allylic oxidation sites excluding steroid dienone is 1. The molecule has 0 radical (unpaired) electrons. The fraction of sp³-hybridized carbons (Fsp3) is 0.333. The standard InChI is InChI=1S/C15H17N3O5/c1-9-12(14(19)23-4)13(17(3)15(20)16(9)2)10-6-5-7-11(8-10)18(21)22/h5-8,13H,1-4H3/t13-/m1/s1. The maximum absolute atomic E-state index is 12.3. The number of non-ortho nitro benzene ring substituents is 1.